The standard InChI is InChI=1S/C11H22N2/c1-5-8-13-9-11(3,4)12-7-6-10(13)2/h5,10,12H,1,6-9H2,2-4H3. The number of nitrogens with one attached hydrogen (secondary N) is 1. The number of nitrogens with zero attached hydrogens (tertiary/aromatic N) is 1. The molecule has 0 aliphatic carbocycles. The molecule has 0 aromatic carbocycles. The third kappa shape index (κ3) is 3.12. The van der Waals surface area contributed by atoms with Crippen molar-refractivity contribution in [1.82, 2.24) is 10.2 Å². The van der Waals surface area contributed by atoms with Gasteiger partial charge in [-0.3, -0.25) is 4.90 Å². The predicted octanol–water partition coefficient (Wildman–Crippen LogP) is 1.63. The summed E-state index contributed by atoms with van der Waals surface area (Å²) in [5, 5.41) is 3.56. The van der Waals surface area contributed by atoms with E-state index >= 15 is 0 Å². The van der Waals surface area contributed by atoms with E-state index in [-0.39, 0.29) is 5.54 Å². The molecule has 0 amide bonds. The van der Waals surface area contributed by atoms with Crippen molar-refractivity contribution in [3.63, 3.8) is 0 Å². The van der Waals surface area contributed by atoms with Gasteiger partial charge >= 0.3 is 0 Å². The van der Waals surface area contributed by atoms with Gasteiger partial charge in [-0.25, -0.2) is 0 Å². The molecule has 0 radical (unpaired) electrons. The molecular weight excluding hydrogens is 160 g/mol. The number of hydrogen-bond donors (Lipinski definition) is 1. The normalized spacial score (nSPS) is 29.6. The average Bonchev–Trinajstić information content (AvgIpc) is 2.12. The van der Waals surface area contributed by atoms with Crippen LogP contribution in [0, 0.1) is 0 Å². The summed E-state index contributed by atoms with van der Waals surface area (Å²) in [5.74, 6) is 0. The second-order valence-corrected chi connectivity index (χ2v) is 4.67. The van der Waals surface area contributed by atoms with Crippen LogP contribution in [0.2, 0.25) is 0 Å². The highest BCUT2D eigenvalue weighted by Crippen LogP contribution is 2.14. The van der Waals surface area contributed by atoms with Crippen molar-refractivity contribution in [2.45, 2.75) is 38.8 Å². The van der Waals surface area contributed by atoms with Gasteiger partial charge in [-0.2, -0.15) is 0 Å². The second-order valence-electron chi connectivity index (χ2n) is 4.67. The molecule has 0 saturated carbocycles. The Labute approximate surface area is 82.0 Å². The fraction of sp³-hybridized carbons (Fsp3) is 0.818. The molecule has 76 valence electrons. The van der Waals surface area contributed by atoms with E-state index in [2.05, 4.69) is 37.6 Å². The molecule has 2 nitrogen and oxygen atoms in total. The molecule has 13 heavy (non-hydrogen) atoms. The van der Waals surface area contributed by atoms with E-state index in [1.165, 1.54) is 6.42 Å². The Morgan fingerprint density at radius 2 is 2.31 bits per heavy atom. The van der Waals surface area contributed by atoms with Gasteiger partial charge in [-0.1, -0.05) is 6.08 Å². The van der Waals surface area contributed by atoms with Crippen LogP contribution in [-0.2, 0) is 0 Å². The van der Waals surface area contributed by atoms with Crippen LogP contribution in [0.1, 0.15) is 27.2 Å². The summed E-state index contributed by atoms with van der Waals surface area (Å²) >= 11 is 0. The molecule has 1 aliphatic rings. The van der Waals surface area contributed by atoms with Gasteiger partial charge in [0.1, 0.15) is 0 Å². The van der Waals surface area contributed by atoms with Crippen LogP contribution in [-0.4, -0.2) is 36.1 Å². The molecule has 1 heterocycles. The Kier molecular flexibility index (Phi) is 3.51. The lowest BCUT2D eigenvalue weighted by molar-refractivity contribution is 0.200. The van der Waals surface area contributed by atoms with E-state index in [1.807, 2.05) is 6.08 Å². The second kappa shape index (κ2) is 4.25. The van der Waals surface area contributed by atoms with E-state index in [0.29, 0.717) is 6.04 Å². The molecule has 1 fully saturated rings. The highest BCUT2D eigenvalue weighted by atomic mass is 15.2. The van der Waals surface area contributed by atoms with Gasteiger partial charge in [-0.15, -0.1) is 6.58 Å². The van der Waals surface area contributed by atoms with Crippen LogP contribution in [0.25, 0.3) is 0 Å². The Morgan fingerprint density at radius 1 is 1.62 bits per heavy atom. The lowest BCUT2D eigenvalue weighted by atomic mass is 10.1. The highest BCUT2D eigenvalue weighted by molar-refractivity contribution is 4.90. The van der Waals surface area contributed by atoms with Crippen LogP contribution in [0.4, 0.5) is 0 Å². The maximum atomic E-state index is 3.81. The van der Waals surface area contributed by atoms with Gasteiger partial charge in [0.2, 0.25) is 0 Å². The van der Waals surface area contributed by atoms with Crippen molar-refractivity contribution < 1.29 is 0 Å². The van der Waals surface area contributed by atoms with E-state index in [1.54, 1.807) is 0 Å². The number of hydrogen-bond acceptors (Lipinski definition) is 2. The minimum absolute atomic E-state index is 0.244. The van der Waals surface area contributed by atoms with Crippen molar-refractivity contribution >= 4 is 0 Å². The molecule has 0 bridgehead atoms. The van der Waals surface area contributed by atoms with Crippen molar-refractivity contribution in [2.75, 3.05) is 19.6 Å². The lowest BCUT2D eigenvalue weighted by Crippen LogP contribution is -2.47. The van der Waals surface area contributed by atoms with Crippen molar-refractivity contribution in [3.8, 4) is 0 Å². The first kappa shape index (κ1) is 10.7. The van der Waals surface area contributed by atoms with Crippen molar-refractivity contribution in [1.29, 1.82) is 0 Å². The Hall–Kier alpha value is -0.340. The van der Waals surface area contributed by atoms with E-state index < -0.39 is 0 Å². The Balaban J connectivity index is 2.61. The molecule has 1 atom stereocenters. The summed E-state index contributed by atoms with van der Waals surface area (Å²) in [6, 6.07) is 0.673. The maximum absolute atomic E-state index is 3.81. The fourth-order valence-electron chi connectivity index (χ4n) is 1.93. The number of rotatable bonds is 2. The summed E-state index contributed by atoms with van der Waals surface area (Å²) < 4.78 is 0. The van der Waals surface area contributed by atoms with Crippen molar-refractivity contribution in [3.05, 3.63) is 12.7 Å². The summed E-state index contributed by atoms with van der Waals surface area (Å²) in [4.78, 5) is 2.49. The minimum atomic E-state index is 0.244. The minimum Gasteiger partial charge on any atom is -0.310 e. The monoisotopic (exact) mass is 182 g/mol. The van der Waals surface area contributed by atoms with Crippen LogP contribution in [0.5, 0.6) is 0 Å². The molecule has 1 unspecified atom stereocenters. The third-order valence-corrected chi connectivity index (χ3v) is 2.75. The zero-order valence-electron chi connectivity index (χ0n) is 9.14. The third-order valence-electron chi connectivity index (χ3n) is 2.75. The SMILES string of the molecule is C=CCN1CC(C)(C)NCCC1C. The van der Waals surface area contributed by atoms with Gasteiger partial charge < -0.3 is 5.32 Å². The van der Waals surface area contributed by atoms with E-state index in [9.17, 15) is 0 Å². The summed E-state index contributed by atoms with van der Waals surface area (Å²) in [6.07, 6.45) is 3.23. The van der Waals surface area contributed by atoms with Gasteiger partial charge in [-0.05, 0) is 33.7 Å². The summed E-state index contributed by atoms with van der Waals surface area (Å²) in [7, 11) is 0. The van der Waals surface area contributed by atoms with Crippen molar-refractivity contribution in [2.24, 2.45) is 0 Å². The first-order valence-electron chi connectivity index (χ1n) is 5.15. The average molecular weight is 182 g/mol. The molecule has 1 rings (SSSR count). The zero-order valence-corrected chi connectivity index (χ0v) is 9.14. The molecule has 1 aliphatic heterocycles. The fourth-order valence-corrected chi connectivity index (χ4v) is 1.93. The van der Waals surface area contributed by atoms with Crippen LogP contribution >= 0.6 is 0 Å². The van der Waals surface area contributed by atoms with Crippen LogP contribution in [0.15, 0.2) is 12.7 Å². The maximum Gasteiger partial charge on any atom is 0.0252 e. The molecule has 0 aromatic heterocycles. The Bertz CT molecular complexity index is 175. The lowest BCUT2D eigenvalue weighted by Gasteiger charge is -2.32. The molecular formula is C11H22N2. The van der Waals surface area contributed by atoms with E-state index in [4.69, 9.17) is 0 Å². The van der Waals surface area contributed by atoms with E-state index in [0.717, 1.165) is 19.6 Å². The van der Waals surface area contributed by atoms with Gasteiger partial charge in [0.05, 0.1) is 0 Å². The highest BCUT2D eigenvalue weighted by Gasteiger charge is 2.26. The largest absolute Gasteiger partial charge is 0.310 e. The molecule has 1 N–H and O–H groups in total. The zero-order chi connectivity index (χ0) is 9.90. The van der Waals surface area contributed by atoms with Crippen LogP contribution < -0.4 is 5.32 Å². The molecule has 2 heteroatoms. The predicted molar refractivity (Wildman–Crippen MR) is 57.9 cm³/mol. The summed E-state index contributed by atoms with van der Waals surface area (Å²) in [6.45, 7) is 13.9. The first-order chi connectivity index (χ1) is 6.05. The smallest absolute Gasteiger partial charge is 0.0252 e. The molecule has 0 aromatic rings. The van der Waals surface area contributed by atoms with Crippen LogP contribution in [0.3, 0.4) is 0 Å². The first-order valence-corrected chi connectivity index (χ1v) is 5.15. The molecule has 0 spiro atoms. The van der Waals surface area contributed by atoms with Gasteiger partial charge in [0.25, 0.3) is 0 Å². The van der Waals surface area contributed by atoms with Gasteiger partial charge in [0.15, 0.2) is 0 Å². The molecule has 1 saturated heterocycles. The summed E-state index contributed by atoms with van der Waals surface area (Å²) in [5.41, 5.74) is 0.244. The topological polar surface area (TPSA) is 15.3 Å². The quantitative estimate of drug-likeness (QED) is 0.653. The van der Waals surface area contributed by atoms with Gasteiger partial charge in [0, 0.05) is 24.7 Å². The Morgan fingerprint density at radius 3 is 2.92 bits per heavy atom.